The standard InChI is InChI=1S/C20H24ClN3S/c1-15-9-10-17(14-18(15)21)23-20(25)22-11-5-13-24-12-4-7-16-6-2-3-8-19(16)24/h2-3,6,8-10,14H,4-5,7,11-13H2,1H3,(H2,22,23,25). The maximum absolute atomic E-state index is 6.14. The van der Waals surface area contributed by atoms with Crippen LogP contribution >= 0.6 is 23.8 Å². The van der Waals surface area contributed by atoms with Crippen molar-refractivity contribution in [3.05, 3.63) is 58.6 Å². The lowest BCUT2D eigenvalue weighted by molar-refractivity contribution is 0.658. The summed E-state index contributed by atoms with van der Waals surface area (Å²) in [7, 11) is 0. The Balaban J connectivity index is 1.43. The first-order chi connectivity index (χ1) is 12.1. The minimum atomic E-state index is 0.638. The minimum absolute atomic E-state index is 0.638. The smallest absolute Gasteiger partial charge is 0.170 e. The summed E-state index contributed by atoms with van der Waals surface area (Å²) >= 11 is 11.5. The average Bonchev–Trinajstić information content (AvgIpc) is 2.62. The zero-order chi connectivity index (χ0) is 17.6. The van der Waals surface area contributed by atoms with Gasteiger partial charge in [0.15, 0.2) is 5.11 Å². The molecule has 0 atom stereocenters. The molecule has 0 unspecified atom stereocenters. The Morgan fingerprint density at radius 3 is 2.92 bits per heavy atom. The van der Waals surface area contributed by atoms with Crippen LogP contribution in [0.25, 0.3) is 0 Å². The van der Waals surface area contributed by atoms with Gasteiger partial charge in [0.05, 0.1) is 0 Å². The predicted molar refractivity (Wildman–Crippen MR) is 112 cm³/mol. The molecule has 0 saturated carbocycles. The van der Waals surface area contributed by atoms with Gasteiger partial charge in [0.25, 0.3) is 0 Å². The molecule has 3 nitrogen and oxygen atoms in total. The molecule has 0 radical (unpaired) electrons. The Bertz CT molecular complexity index is 747. The van der Waals surface area contributed by atoms with Crippen molar-refractivity contribution in [1.29, 1.82) is 0 Å². The van der Waals surface area contributed by atoms with Crippen LogP contribution in [0.5, 0.6) is 0 Å². The monoisotopic (exact) mass is 373 g/mol. The molecular weight excluding hydrogens is 350 g/mol. The van der Waals surface area contributed by atoms with Gasteiger partial charge >= 0.3 is 0 Å². The van der Waals surface area contributed by atoms with Crippen molar-refractivity contribution in [2.24, 2.45) is 0 Å². The van der Waals surface area contributed by atoms with Gasteiger partial charge in [-0.3, -0.25) is 0 Å². The number of hydrogen-bond acceptors (Lipinski definition) is 2. The van der Waals surface area contributed by atoms with Crippen LogP contribution in [0.2, 0.25) is 5.02 Å². The molecule has 25 heavy (non-hydrogen) atoms. The van der Waals surface area contributed by atoms with E-state index in [0.717, 1.165) is 42.3 Å². The fourth-order valence-corrected chi connectivity index (χ4v) is 3.56. The molecule has 3 rings (SSSR count). The summed E-state index contributed by atoms with van der Waals surface area (Å²) in [4.78, 5) is 2.48. The van der Waals surface area contributed by atoms with Crippen LogP contribution < -0.4 is 15.5 Å². The van der Waals surface area contributed by atoms with Crippen molar-refractivity contribution in [2.75, 3.05) is 29.9 Å². The van der Waals surface area contributed by atoms with E-state index in [-0.39, 0.29) is 0 Å². The van der Waals surface area contributed by atoms with Gasteiger partial charge in [0, 0.05) is 36.0 Å². The van der Waals surface area contributed by atoms with Crippen LogP contribution in [-0.4, -0.2) is 24.7 Å². The molecule has 1 aliphatic heterocycles. The fourth-order valence-electron chi connectivity index (χ4n) is 3.16. The number of thiocarbonyl (C=S) groups is 1. The van der Waals surface area contributed by atoms with Crippen molar-refractivity contribution in [3.63, 3.8) is 0 Å². The molecule has 1 aliphatic rings. The van der Waals surface area contributed by atoms with Crippen LogP contribution in [-0.2, 0) is 6.42 Å². The number of benzene rings is 2. The number of hydrogen-bond donors (Lipinski definition) is 2. The normalized spacial score (nSPS) is 13.3. The third kappa shape index (κ3) is 4.86. The van der Waals surface area contributed by atoms with E-state index in [1.165, 1.54) is 24.1 Å². The summed E-state index contributed by atoms with van der Waals surface area (Å²) in [6, 6.07) is 14.6. The van der Waals surface area contributed by atoms with E-state index in [4.69, 9.17) is 23.8 Å². The molecule has 0 aliphatic carbocycles. The summed E-state index contributed by atoms with van der Waals surface area (Å²) in [6.45, 7) is 5.02. The van der Waals surface area contributed by atoms with Gasteiger partial charge in [-0.05, 0) is 67.7 Å². The van der Waals surface area contributed by atoms with Crippen LogP contribution in [0.4, 0.5) is 11.4 Å². The van der Waals surface area contributed by atoms with E-state index in [9.17, 15) is 0 Å². The number of rotatable bonds is 5. The Labute approximate surface area is 160 Å². The number of halogens is 1. The quantitative estimate of drug-likeness (QED) is 0.582. The second-order valence-electron chi connectivity index (χ2n) is 6.42. The van der Waals surface area contributed by atoms with E-state index in [1.807, 2.05) is 25.1 Å². The lowest BCUT2D eigenvalue weighted by atomic mass is 10.0. The van der Waals surface area contributed by atoms with Crippen molar-refractivity contribution in [1.82, 2.24) is 5.32 Å². The number of nitrogens with zero attached hydrogens (tertiary/aromatic N) is 1. The molecule has 2 aromatic carbocycles. The number of para-hydroxylation sites is 1. The van der Waals surface area contributed by atoms with Gasteiger partial charge in [-0.2, -0.15) is 0 Å². The van der Waals surface area contributed by atoms with Gasteiger partial charge < -0.3 is 15.5 Å². The largest absolute Gasteiger partial charge is 0.371 e. The predicted octanol–water partition coefficient (Wildman–Crippen LogP) is 4.78. The van der Waals surface area contributed by atoms with Crippen molar-refractivity contribution in [2.45, 2.75) is 26.2 Å². The minimum Gasteiger partial charge on any atom is -0.371 e. The summed E-state index contributed by atoms with van der Waals surface area (Å²) in [5, 5.41) is 7.85. The van der Waals surface area contributed by atoms with E-state index in [1.54, 1.807) is 0 Å². The average molecular weight is 374 g/mol. The summed E-state index contributed by atoms with van der Waals surface area (Å²) in [5.74, 6) is 0. The number of fused-ring (bicyclic) bond motifs is 1. The summed E-state index contributed by atoms with van der Waals surface area (Å²) < 4.78 is 0. The van der Waals surface area contributed by atoms with Crippen LogP contribution in [0.1, 0.15) is 24.0 Å². The number of anilines is 2. The van der Waals surface area contributed by atoms with Crippen molar-refractivity contribution >= 4 is 40.3 Å². The van der Waals surface area contributed by atoms with Gasteiger partial charge in [0.1, 0.15) is 0 Å². The van der Waals surface area contributed by atoms with Crippen molar-refractivity contribution < 1.29 is 0 Å². The second kappa shape index (κ2) is 8.54. The van der Waals surface area contributed by atoms with Crippen LogP contribution in [0, 0.1) is 6.92 Å². The van der Waals surface area contributed by atoms with Gasteiger partial charge in [0.2, 0.25) is 0 Å². The molecule has 0 bridgehead atoms. The fraction of sp³-hybridized carbons (Fsp3) is 0.350. The molecular formula is C20H24ClN3S. The Morgan fingerprint density at radius 1 is 1.24 bits per heavy atom. The van der Waals surface area contributed by atoms with Crippen LogP contribution in [0.15, 0.2) is 42.5 Å². The molecule has 1 heterocycles. The summed E-state index contributed by atoms with van der Waals surface area (Å²) in [5.41, 5.74) is 4.84. The lowest BCUT2D eigenvalue weighted by Gasteiger charge is -2.31. The SMILES string of the molecule is Cc1ccc(NC(=S)NCCCN2CCCc3ccccc32)cc1Cl. The molecule has 5 heteroatoms. The molecule has 0 amide bonds. The highest BCUT2D eigenvalue weighted by molar-refractivity contribution is 7.80. The Morgan fingerprint density at radius 2 is 2.08 bits per heavy atom. The summed E-state index contributed by atoms with van der Waals surface area (Å²) in [6.07, 6.45) is 3.47. The maximum atomic E-state index is 6.14. The highest BCUT2D eigenvalue weighted by atomic mass is 35.5. The molecule has 2 N–H and O–H groups in total. The molecule has 2 aromatic rings. The first-order valence-electron chi connectivity index (χ1n) is 8.77. The maximum Gasteiger partial charge on any atom is 0.170 e. The molecule has 0 spiro atoms. The highest BCUT2D eigenvalue weighted by Gasteiger charge is 2.15. The van der Waals surface area contributed by atoms with Crippen LogP contribution in [0.3, 0.4) is 0 Å². The van der Waals surface area contributed by atoms with Crippen molar-refractivity contribution in [3.8, 4) is 0 Å². The van der Waals surface area contributed by atoms with Gasteiger partial charge in [-0.1, -0.05) is 35.9 Å². The molecule has 0 saturated heterocycles. The Hall–Kier alpha value is -1.78. The molecule has 132 valence electrons. The second-order valence-corrected chi connectivity index (χ2v) is 7.23. The number of aryl methyl sites for hydroxylation is 2. The topological polar surface area (TPSA) is 27.3 Å². The lowest BCUT2D eigenvalue weighted by Crippen LogP contribution is -2.34. The third-order valence-corrected chi connectivity index (χ3v) is 5.18. The van der Waals surface area contributed by atoms with E-state index < -0.39 is 0 Å². The third-order valence-electron chi connectivity index (χ3n) is 4.53. The van der Waals surface area contributed by atoms with E-state index in [0.29, 0.717) is 5.11 Å². The molecule has 0 aromatic heterocycles. The highest BCUT2D eigenvalue weighted by Crippen LogP contribution is 2.26. The van der Waals surface area contributed by atoms with Gasteiger partial charge in [-0.25, -0.2) is 0 Å². The van der Waals surface area contributed by atoms with Gasteiger partial charge in [-0.15, -0.1) is 0 Å². The van der Waals surface area contributed by atoms with E-state index in [2.05, 4.69) is 39.8 Å². The van der Waals surface area contributed by atoms with E-state index >= 15 is 0 Å². The first-order valence-corrected chi connectivity index (χ1v) is 9.56. The zero-order valence-electron chi connectivity index (χ0n) is 14.5. The zero-order valence-corrected chi connectivity index (χ0v) is 16.1. The Kier molecular flexibility index (Phi) is 6.16. The molecule has 0 fully saturated rings. The number of nitrogens with one attached hydrogen (secondary N) is 2. The first kappa shape index (κ1) is 18.0.